The number of nitrogens with zero attached hydrogens (tertiary/aromatic N) is 2. The quantitative estimate of drug-likeness (QED) is 0.670. The Morgan fingerprint density at radius 1 is 1.20 bits per heavy atom. The van der Waals surface area contributed by atoms with E-state index in [-0.39, 0.29) is 0 Å². The fraction of sp³-hybridized carbons (Fsp3) is 0.524. The Bertz CT molecular complexity index is 819. The molecule has 0 bridgehead atoms. The molecular formula is C21H27N3O. The summed E-state index contributed by atoms with van der Waals surface area (Å²) in [7, 11) is 0. The minimum Gasteiger partial charge on any atom is -0.361 e. The Morgan fingerprint density at radius 2 is 2.08 bits per heavy atom. The number of H-pyrrole nitrogens is 1. The number of aromatic amines is 1. The summed E-state index contributed by atoms with van der Waals surface area (Å²) in [4.78, 5) is 7.76. The van der Waals surface area contributed by atoms with E-state index in [9.17, 15) is 0 Å². The lowest BCUT2D eigenvalue weighted by atomic mass is 9.77. The largest absolute Gasteiger partial charge is 0.361 e. The van der Waals surface area contributed by atoms with Gasteiger partial charge in [0, 0.05) is 23.5 Å². The first-order valence-corrected chi connectivity index (χ1v) is 9.62. The summed E-state index contributed by atoms with van der Waals surface area (Å²) >= 11 is 0. The van der Waals surface area contributed by atoms with Crippen LogP contribution in [0.1, 0.15) is 55.8 Å². The van der Waals surface area contributed by atoms with Gasteiger partial charge in [0.25, 0.3) is 0 Å². The van der Waals surface area contributed by atoms with Crippen molar-refractivity contribution in [3.63, 3.8) is 0 Å². The van der Waals surface area contributed by atoms with E-state index < -0.39 is 0 Å². The minimum absolute atomic E-state index is 0.715. The third-order valence-corrected chi connectivity index (χ3v) is 5.66. The molecule has 1 aliphatic carbocycles. The summed E-state index contributed by atoms with van der Waals surface area (Å²) in [6, 6.07) is 8.61. The van der Waals surface area contributed by atoms with E-state index in [0.717, 1.165) is 24.1 Å². The maximum Gasteiger partial charge on any atom is 0.226 e. The van der Waals surface area contributed by atoms with Gasteiger partial charge in [0.2, 0.25) is 5.89 Å². The normalized spacial score (nSPS) is 21.0. The summed E-state index contributed by atoms with van der Waals surface area (Å²) in [5, 5.41) is 5.30. The van der Waals surface area contributed by atoms with Gasteiger partial charge in [0.1, 0.15) is 0 Å². The Hall–Kier alpha value is -2.10. The van der Waals surface area contributed by atoms with Crippen LogP contribution < -0.4 is 0 Å². The van der Waals surface area contributed by atoms with Crippen LogP contribution in [0.5, 0.6) is 0 Å². The predicted molar refractivity (Wildman–Crippen MR) is 99.4 cm³/mol. The van der Waals surface area contributed by atoms with E-state index in [1.165, 1.54) is 61.4 Å². The number of para-hydroxylation sites is 1. The number of aryl methyl sites for hydroxylation is 2. The molecule has 4 rings (SSSR count). The van der Waals surface area contributed by atoms with Gasteiger partial charge in [-0.25, -0.2) is 0 Å². The number of benzene rings is 1. The second kappa shape index (κ2) is 7.42. The van der Waals surface area contributed by atoms with Crippen molar-refractivity contribution < 1.29 is 4.52 Å². The maximum atomic E-state index is 5.31. The highest BCUT2D eigenvalue weighted by molar-refractivity contribution is 5.82. The third-order valence-electron chi connectivity index (χ3n) is 5.66. The topological polar surface area (TPSA) is 54.7 Å². The first-order valence-electron chi connectivity index (χ1n) is 9.62. The van der Waals surface area contributed by atoms with Crippen LogP contribution in [-0.4, -0.2) is 15.1 Å². The van der Waals surface area contributed by atoms with E-state index in [2.05, 4.69) is 45.6 Å². The van der Waals surface area contributed by atoms with Gasteiger partial charge in [0.15, 0.2) is 5.82 Å². The van der Waals surface area contributed by atoms with Crippen LogP contribution in [0.3, 0.4) is 0 Å². The van der Waals surface area contributed by atoms with Gasteiger partial charge < -0.3 is 9.51 Å². The minimum atomic E-state index is 0.715. The maximum absolute atomic E-state index is 5.31. The Morgan fingerprint density at radius 3 is 2.96 bits per heavy atom. The summed E-state index contributed by atoms with van der Waals surface area (Å²) in [6.45, 7) is 1.89. The second-order valence-corrected chi connectivity index (χ2v) is 7.59. The van der Waals surface area contributed by atoms with Crippen molar-refractivity contribution in [3.05, 3.63) is 47.7 Å². The SMILES string of the molecule is Cc1noc(CC2CCCC(CCCc3c[nH]c4ccccc34)C2)n1. The number of aromatic nitrogens is 3. The lowest BCUT2D eigenvalue weighted by Crippen LogP contribution is -2.17. The average Bonchev–Trinajstić information content (AvgIpc) is 3.22. The van der Waals surface area contributed by atoms with E-state index in [1.807, 2.05) is 6.92 Å². The molecule has 132 valence electrons. The fourth-order valence-electron chi connectivity index (χ4n) is 4.44. The zero-order valence-electron chi connectivity index (χ0n) is 15.0. The molecule has 4 nitrogen and oxygen atoms in total. The van der Waals surface area contributed by atoms with Crippen LogP contribution in [0.25, 0.3) is 10.9 Å². The van der Waals surface area contributed by atoms with Gasteiger partial charge in [0.05, 0.1) is 0 Å². The molecule has 2 unspecified atom stereocenters. The van der Waals surface area contributed by atoms with Gasteiger partial charge in [-0.15, -0.1) is 0 Å². The van der Waals surface area contributed by atoms with Gasteiger partial charge in [-0.1, -0.05) is 42.6 Å². The van der Waals surface area contributed by atoms with Gasteiger partial charge >= 0.3 is 0 Å². The molecule has 2 atom stereocenters. The Balaban J connectivity index is 1.27. The van der Waals surface area contributed by atoms with Crippen LogP contribution in [0, 0.1) is 18.8 Å². The molecular weight excluding hydrogens is 310 g/mol. The molecule has 1 saturated carbocycles. The van der Waals surface area contributed by atoms with Crippen LogP contribution >= 0.6 is 0 Å². The van der Waals surface area contributed by atoms with Gasteiger partial charge in [-0.2, -0.15) is 4.98 Å². The number of fused-ring (bicyclic) bond motifs is 1. The molecule has 1 aliphatic rings. The predicted octanol–water partition coefficient (Wildman–Crippen LogP) is 5.23. The molecule has 0 saturated heterocycles. The summed E-state index contributed by atoms with van der Waals surface area (Å²) in [5.74, 6) is 3.14. The molecule has 1 aromatic carbocycles. The van der Waals surface area contributed by atoms with E-state index in [1.54, 1.807) is 0 Å². The number of nitrogens with one attached hydrogen (secondary N) is 1. The van der Waals surface area contributed by atoms with Crippen LogP contribution in [0.4, 0.5) is 0 Å². The summed E-state index contributed by atoms with van der Waals surface area (Å²) in [5.41, 5.74) is 2.72. The molecule has 2 aromatic heterocycles. The zero-order chi connectivity index (χ0) is 17.1. The van der Waals surface area contributed by atoms with Crippen molar-refractivity contribution in [2.75, 3.05) is 0 Å². The highest BCUT2D eigenvalue weighted by Gasteiger charge is 2.23. The molecule has 2 heterocycles. The van der Waals surface area contributed by atoms with E-state index in [4.69, 9.17) is 4.52 Å². The van der Waals surface area contributed by atoms with E-state index in [0.29, 0.717) is 5.92 Å². The van der Waals surface area contributed by atoms with Crippen molar-refractivity contribution >= 4 is 10.9 Å². The van der Waals surface area contributed by atoms with Crippen molar-refractivity contribution in [2.24, 2.45) is 11.8 Å². The molecule has 0 radical (unpaired) electrons. The molecule has 0 aliphatic heterocycles. The second-order valence-electron chi connectivity index (χ2n) is 7.59. The fourth-order valence-corrected chi connectivity index (χ4v) is 4.44. The van der Waals surface area contributed by atoms with Crippen LogP contribution in [-0.2, 0) is 12.8 Å². The first kappa shape index (κ1) is 16.4. The lowest BCUT2D eigenvalue weighted by molar-refractivity contribution is 0.234. The smallest absolute Gasteiger partial charge is 0.226 e. The highest BCUT2D eigenvalue weighted by atomic mass is 16.5. The number of rotatable bonds is 6. The molecule has 3 aromatic rings. The zero-order valence-corrected chi connectivity index (χ0v) is 15.0. The molecule has 4 heteroatoms. The Kier molecular flexibility index (Phi) is 4.86. The number of hydrogen-bond acceptors (Lipinski definition) is 3. The molecule has 0 amide bonds. The third kappa shape index (κ3) is 3.94. The van der Waals surface area contributed by atoms with Crippen LogP contribution in [0.2, 0.25) is 0 Å². The van der Waals surface area contributed by atoms with Crippen molar-refractivity contribution in [1.29, 1.82) is 0 Å². The molecule has 1 fully saturated rings. The van der Waals surface area contributed by atoms with Crippen molar-refractivity contribution in [3.8, 4) is 0 Å². The van der Waals surface area contributed by atoms with Gasteiger partial charge in [-0.05, 0) is 56.1 Å². The summed E-state index contributed by atoms with van der Waals surface area (Å²) < 4.78 is 5.31. The van der Waals surface area contributed by atoms with Gasteiger partial charge in [-0.3, -0.25) is 0 Å². The standard InChI is InChI=1S/C21H27N3O/c1-15-23-21(25-24-15)13-17-8-4-6-16(12-17)7-5-9-18-14-22-20-11-3-2-10-19(18)20/h2-3,10-11,14,16-17,22H,4-9,12-13H2,1H3. The Labute approximate surface area is 149 Å². The average molecular weight is 337 g/mol. The molecule has 25 heavy (non-hydrogen) atoms. The molecule has 1 N–H and O–H groups in total. The van der Waals surface area contributed by atoms with Crippen molar-refractivity contribution in [2.45, 2.75) is 58.3 Å². The van der Waals surface area contributed by atoms with Crippen molar-refractivity contribution in [1.82, 2.24) is 15.1 Å². The lowest BCUT2D eigenvalue weighted by Gasteiger charge is -2.28. The first-order chi connectivity index (χ1) is 12.3. The summed E-state index contributed by atoms with van der Waals surface area (Å²) in [6.07, 6.45) is 12.3. The monoisotopic (exact) mass is 337 g/mol. The number of hydrogen-bond donors (Lipinski definition) is 1. The molecule has 0 spiro atoms. The van der Waals surface area contributed by atoms with Crippen LogP contribution in [0.15, 0.2) is 35.0 Å². The van der Waals surface area contributed by atoms with E-state index >= 15 is 0 Å². The highest BCUT2D eigenvalue weighted by Crippen LogP contribution is 2.34.